The highest BCUT2D eigenvalue weighted by atomic mass is 35.5. The van der Waals surface area contributed by atoms with E-state index in [-0.39, 0.29) is 24.5 Å². The van der Waals surface area contributed by atoms with Crippen molar-refractivity contribution in [3.05, 3.63) is 0 Å². The fourth-order valence-corrected chi connectivity index (χ4v) is 1.59. The summed E-state index contributed by atoms with van der Waals surface area (Å²) in [6.45, 7) is 4.03. The van der Waals surface area contributed by atoms with Crippen molar-refractivity contribution in [3.63, 3.8) is 0 Å². The van der Waals surface area contributed by atoms with E-state index in [4.69, 9.17) is 16.3 Å². The number of carbonyl (C=O) groups excluding carboxylic acids is 2. The molecule has 1 amide bonds. The second-order valence-corrected chi connectivity index (χ2v) is 4.00. The molecule has 0 bridgehead atoms. The monoisotopic (exact) mass is 219 g/mol. The molecule has 0 aliphatic carbocycles. The Hall–Kier alpha value is -0.770. The summed E-state index contributed by atoms with van der Waals surface area (Å²) in [4.78, 5) is 24.0. The Labute approximate surface area is 88.2 Å². The number of carbonyl (C=O) groups is 2. The Bertz CT molecular complexity index is 242. The van der Waals surface area contributed by atoms with Gasteiger partial charge in [-0.3, -0.25) is 9.69 Å². The SMILES string of the molecule is CC(C)C[C@@H]1C(=O)OCN1C(=O)CCl. The van der Waals surface area contributed by atoms with Crippen LogP contribution in [0.4, 0.5) is 0 Å². The largest absolute Gasteiger partial charge is 0.443 e. The van der Waals surface area contributed by atoms with Gasteiger partial charge in [-0.15, -0.1) is 11.6 Å². The van der Waals surface area contributed by atoms with E-state index in [1.165, 1.54) is 4.90 Å². The van der Waals surface area contributed by atoms with E-state index >= 15 is 0 Å². The molecule has 0 aromatic carbocycles. The quantitative estimate of drug-likeness (QED) is 0.525. The van der Waals surface area contributed by atoms with Gasteiger partial charge in [0.2, 0.25) is 5.91 Å². The van der Waals surface area contributed by atoms with Crippen molar-refractivity contribution in [2.75, 3.05) is 12.6 Å². The fourth-order valence-electron chi connectivity index (χ4n) is 1.44. The zero-order valence-electron chi connectivity index (χ0n) is 8.33. The minimum absolute atomic E-state index is 0.0434. The molecule has 1 fully saturated rings. The van der Waals surface area contributed by atoms with Crippen LogP contribution in [0.25, 0.3) is 0 Å². The van der Waals surface area contributed by atoms with Crippen molar-refractivity contribution in [3.8, 4) is 0 Å². The molecule has 0 spiro atoms. The molecule has 0 unspecified atom stereocenters. The van der Waals surface area contributed by atoms with Crippen LogP contribution >= 0.6 is 11.6 Å². The van der Waals surface area contributed by atoms with Crippen LogP contribution in [-0.4, -0.2) is 35.4 Å². The van der Waals surface area contributed by atoms with Crippen LogP contribution in [0, 0.1) is 5.92 Å². The maximum Gasteiger partial charge on any atom is 0.330 e. The molecule has 4 nitrogen and oxygen atoms in total. The predicted molar refractivity (Wildman–Crippen MR) is 51.8 cm³/mol. The zero-order valence-corrected chi connectivity index (χ0v) is 9.08. The second-order valence-electron chi connectivity index (χ2n) is 3.73. The molecule has 0 radical (unpaired) electrons. The Morgan fingerprint density at radius 3 is 2.86 bits per heavy atom. The maximum atomic E-state index is 11.3. The number of halogens is 1. The van der Waals surface area contributed by atoms with E-state index in [9.17, 15) is 9.59 Å². The first-order chi connectivity index (χ1) is 6.56. The normalized spacial score (nSPS) is 21.6. The summed E-state index contributed by atoms with van der Waals surface area (Å²) in [5.74, 6) is -0.331. The van der Waals surface area contributed by atoms with Crippen molar-refractivity contribution >= 4 is 23.5 Å². The van der Waals surface area contributed by atoms with Crippen LogP contribution in [0.2, 0.25) is 0 Å². The van der Waals surface area contributed by atoms with E-state index in [0.717, 1.165) is 0 Å². The average molecular weight is 220 g/mol. The molecule has 0 saturated carbocycles. The van der Waals surface area contributed by atoms with Crippen molar-refractivity contribution < 1.29 is 14.3 Å². The van der Waals surface area contributed by atoms with Crippen LogP contribution in [-0.2, 0) is 14.3 Å². The van der Waals surface area contributed by atoms with Gasteiger partial charge < -0.3 is 4.74 Å². The summed E-state index contributed by atoms with van der Waals surface area (Å²) in [6.07, 6.45) is 0.626. The van der Waals surface area contributed by atoms with Gasteiger partial charge in [-0.05, 0) is 12.3 Å². The van der Waals surface area contributed by atoms with E-state index < -0.39 is 6.04 Å². The molecule has 1 rings (SSSR count). The highest BCUT2D eigenvalue weighted by Crippen LogP contribution is 2.19. The molecule has 1 atom stereocenters. The van der Waals surface area contributed by atoms with Gasteiger partial charge in [0.15, 0.2) is 6.73 Å². The van der Waals surface area contributed by atoms with Crippen LogP contribution < -0.4 is 0 Å². The molecule has 1 saturated heterocycles. The summed E-state index contributed by atoms with van der Waals surface area (Å²) < 4.78 is 4.81. The van der Waals surface area contributed by atoms with E-state index in [2.05, 4.69) is 0 Å². The third-order valence-corrected chi connectivity index (χ3v) is 2.35. The number of rotatable bonds is 3. The highest BCUT2D eigenvalue weighted by molar-refractivity contribution is 6.27. The number of nitrogens with zero attached hydrogens (tertiary/aromatic N) is 1. The van der Waals surface area contributed by atoms with E-state index in [1.54, 1.807) is 0 Å². The molecule has 5 heteroatoms. The van der Waals surface area contributed by atoms with Crippen molar-refractivity contribution in [2.24, 2.45) is 5.92 Å². The van der Waals surface area contributed by atoms with Gasteiger partial charge in [0.25, 0.3) is 0 Å². The number of alkyl halides is 1. The van der Waals surface area contributed by atoms with Gasteiger partial charge >= 0.3 is 5.97 Å². The smallest absolute Gasteiger partial charge is 0.330 e. The molecular formula is C9H14ClNO3. The molecule has 0 N–H and O–H groups in total. The van der Waals surface area contributed by atoms with Crippen LogP contribution in [0.5, 0.6) is 0 Å². The Morgan fingerprint density at radius 1 is 1.71 bits per heavy atom. The number of hydrogen-bond donors (Lipinski definition) is 0. The molecule has 1 heterocycles. The van der Waals surface area contributed by atoms with Gasteiger partial charge in [0.1, 0.15) is 11.9 Å². The van der Waals surface area contributed by atoms with Crippen molar-refractivity contribution in [1.29, 1.82) is 0 Å². The first kappa shape index (κ1) is 11.3. The summed E-state index contributed by atoms with van der Waals surface area (Å²) in [7, 11) is 0. The summed E-state index contributed by atoms with van der Waals surface area (Å²) >= 11 is 5.42. The van der Waals surface area contributed by atoms with E-state index in [1.807, 2.05) is 13.8 Å². The third kappa shape index (κ3) is 2.38. The number of ether oxygens (including phenoxy) is 1. The second kappa shape index (κ2) is 4.64. The number of cyclic esters (lactones) is 1. The summed E-state index contributed by atoms with van der Waals surface area (Å²) in [6, 6.07) is -0.443. The number of amides is 1. The Morgan fingerprint density at radius 2 is 2.36 bits per heavy atom. The van der Waals surface area contributed by atoms with Crippen LogP contribution in [0.3, 0.4) is 0 Å². The van der Waals surface area contributed by atoms with Crippen molar-refractivity contribution in [1.82, 2.24) is 4.90 Å². The molecule has 14 heavy (non-hydrogen) atoms. The standard InChI is InChI=1S/C9H14ClNO3/c1-6(2)3-7-9(13)14-5-11(7)8(12)4-10/h6-7H,3-5H2,1-2H3/t7-/m1/s1. The zero-order chi connectivity index (χ0) is 10.7. The van der Waals surface area contributed by atoms with Gasteiger partial charge in [-0.25, -0.2) is 4.79 Å². The topological polar surface area (TPSA) is 46.6 Å². The molecule has 0 aromatic rings. The third-order valence-electron chi connectivity index (χ3n) is 2.12. The van der Waals surface area contributed by atoms with Gasteiger partial charge in [0.05, 0.1) is 0 Å². The van der Waals surface area contributed by atoms with Crippen LogP contribution in [0.1, 0.15) is 20.3 Å². The van der Waals surface area contributed by atoms with E-state index in [0.29, 0.717) is 12.3 Å². The fraction of sp³-hybridized carbons (Fsp3) is 0.778. The van der Waals surface area contributed by atoms with Crippen LogP contribution in [0.15, 0.2) is 0 Å². The lowest BCUT2D eigenvalue weighted by Crippen LogP contribution is -2.39. The van der Waals surface area contributed by atoms with Gasteiger partial charge in [-0.2, -0.15) is 0 Å². The van der Waals surface area contributed by atoms with Gasteiger partial charge in [0, 0.05) is 0 Å². The summed E-state index contributed by atoms with van der Waals surface area (Å²) in [5, 5.41) is 0. The lowest BCUT2D eigenvalue weighted by atomic mass is 10.0. The number of hydrogen-bond acceptors (Lipinski definition) is 3. The lowest BCUT2D eigenvalue weighted by molar-refractivity contribution is -0.139. The summed E-state index contributed by atoms with van der Waals surface area (Å²) in [5.41, 5.74) is 0. The molecular weight excluding hydrogens is 206 g/mol. The number of esters is 1. The average Bonchev–Trinajstić information content (AvgIpc) is 2.46. The Kier molecular flexibility index (Phi) is 3.75. The molecule has 80 valence electrons. The maximum absolute atomic E-state index is 11.3. The molecule has 0 aromatic heterocycles. The van der Waals surface area contributed by atoms with Gasteiger partial charge in [-0.1, -0.05) is 13.8 Å². The molecule has 1 aliphatic heterocycles. The first-order valence-electron chi connectivity index (χ1n) is 4.58. The minimum Gasteiger partial charge on any atom is -0.443 e. The highest BCUT2D eigenvalue weighted by Gasteiger charge is 2.37. The Balaban J connectivity index is 2.66. The van der Waals surface area contributed by atoms with Crippen molar-refractivity contribution in [2.45, 2.75) is 26.3 Å². The lowest BCUT2D eigenvalue weighted by Gasteiger charge is -2.20. The predicted octanol–water partition coefficient (Wildman–Crippen LogP) is 0.983. The molecule has 1 aliphatic rings. The first-order valence-corrected chi connectivity index (χ1v) is 5.11. The minimum atomic E-state index is -0.443.